The van der Waals surface area contributed by atoms with Crippen LogP contribution in [0.15, 0.2) is 97.3 Å². The van der Waals surface area contributed by atoms with Gasteiger partial charge >= 0.3 is 0 Å². The molecule has 3 unspecified atom stereocenters. The van der Waals surface area contributed by atoms with Crippen molar-refractivity contribution in [3.05, 3.63) is 120 Å². The lowest BCUT2D eigenvalue weighted by Crippen LogP contribution is -2.54. The van der Waals surface area contributed by atoms with Gasteiger partial charge in [0.25, 0.3) is 11.8 Å². The van der Waals surface area contributed by atoms with Crippen LogP contribution in [0.3, 0.4) is 0 Å². The van der Waals surface area contributed by atoms with Gasteiger partial charge in [0.2, 0.25) is 17.7 Å². The highest BCUT2D eigenvalue weighted by molar-refractivity contribution is 6.23. The maximum atomic E-state index is 13.3. The first-order valence-electron chi connectivity index (χ1n) is 17.2. The summed E-state index contributed by atoms with van der Waals surface area (Å²) >= 11 is 0. The van der Waals surface area contributed by atoms with Gasteiger partial charge in [-0.2, -0.15) is 15.2 Å². The number of ether oxygens (including phenoxy) is 2. The number of carbonyl (C=O) groups excluding carboxylic acids is 4. The molecule has 0 radical (unpaired) electrons. The molecule has 3 aromatic carbocycles. The summed E-state index contributed by atoms with van der Waals surface area (Å²) in [6, 6.07) is 25.4. The van der Waals surface area contributed by atoms with Gasteiger partial charge in [-0.05, 0) is 67.3 Å². The first-order chi connectivity index (χ1) is 25.2. The average molecular weight is 698 g/mol. The lowest BCUT2D eigenvalue weighted by atomic mass is 9.77. The van der Waals surface area contributed by atoms with E-state index < -0.39 is 35.1 Å². The Hall–Kier alpha value is -6.37. The fourth-order valence-electron chi connectivity index (χ4n) is 6.92. The molecule has 0 bridgehead atoms. The smallest absolute Gasteiger partial charge is 0.262 e. The zero-order valence-electron chi connectivity index (χ0n) is 28.5. The van der Waals surface area contributed by atoms with Crippen LogP contribution in [0.25, 0.3) is 5.82 Å². The average Bonchev–Trinajstić information content (AvgIpc) is 3.77. The number of pyridine rings is 1. The zero-order chi connectivity index (χ0) is 36.0. The number of amides is 4. The van der Waals surface area contributed by atoms with Gasteiger partial charge in [0.05, 0.1) is 29.6 Å². The summed E-state index contributed by atoms with van der Waals surface area (Å²) < 4.78 is 12.7. The molecule has 3 atom stereocenters. The van der Waals surface area contributed by atoms with Crippen LogP contribution >= 0.6 is 0 Å². The van der Waals surface area contributed by atoms with E-state index in [2.05, 4.69) is 45.7 Å². The van der Waals surface area contributed by atoms with Crippen molar-refractivity contribution in [2.45, 2.75) is 63.1 Å². The molecule has 2 aromatic heterocycles. The standard InChI is InChI=1S/C39H35N7O6/c1-39(2,23-10-13-25(14-11-23)51-35-9-5-8-33(43-35)46-40-20-21-41-46)28-6-3-4-7-31(28)52-32-18-16-29(32)42-24-12-15-26-27(22-24)38(50)45(37(26)49)30-17-19-34(47)44-36(30)48/h3-15,20-22,29-30,32,42H,16-19H2,1-2H3,(H,44,47,48). The van der Waals surface area contributed by atoms with Gasteiger partial charge < -0.3 is 14.8 Å². The van der Waals surface area contributed by atoms with Gasteiger partial charge in [0.1, 0.15) is 23.6 Å². The summed E-state index contributed by atoms with van der Waals surface area (Å²) in [6.45, 7) is 4.31. The van der Waals surface area contributed by atoms with Crippen molar-refractivity contribution in [3.63, 3.8) is 0 Å². The molecule has 4 amide bonds. The summed E-state index contributed by atoms with van der Waals surface area (Å²) in [5.74, 6) is 0.305. The minimum Gasteiger partial charge on any atom is -0.488 e. The lowest BCUT2D eigenvalue weighted by molar-refractivity contribution is -0.136. The van der Waals surface area contributed by atoms with Gasteiger partial charge in [-0.25, -0.2) is 0 Å². The number of hydrogen-bond donors (Lipinski definition) is 2. The predicted octanol–water partition coefficient (Wildman–Crippen LogP) is 5.20. The monoisotopic (exact) mass is 697 g/mol. The highest BCUT2D eigenvalue weighted by Crippen LogP contribution is 2.40. The Morgan fingerprint density at radius 1 is 0.827 bits per heavy atom. The number of imide groups is 2. The number of hydrogen-bond acceptors (Lipinski definition) is 10. The minimum atomic E-state index is -1.01. The number of piperidine rings is 1. The third kappa shape index (κ3) is 6.03. The fraction of sp³-hybridized carbons (Fsp3) is 0.256. The highest BCUT2D eigenvalue weighted by Gasteiger charge is 2.45. The molecule has 0 spiro atoms. The molecule has 2 N–H and O–H groups in total. The molecule has 13 nitrogen and oxygen atoms in total. The molecule has 2 fully saturated rings. The van der Waals surface area contributed by atoms with Crippen molar-refractivity contribution in [2.75, 3.05) is 5.32 Å². The maximum Gasteiger partial charge on any atom is 0.262 e. The Morgan fingerprint density at radius 3 is 2.35 bits per heavy atom. The van der Waals surface area contributed by atoms with E-state index in [1.54, 1.807) is 42.7 Å². The number of benzene rings is 3. The molecule has 8 rings (SSSR count). The van der Waals surface area contributed by atoms with Crippen molar-refractivity contribution < 1.29 is 28.7 Å². The first-order valence-corrected chi connectivity index (χ1v) is 17.2. The molecule has 1 saturated heterocycles. The SMILES string of the molecule is CC(C)(c1ccc(Oc2cccc(-n3nccn3)n2)cc1)c1ccccc1OC1CCC1Nc1ccc2c(c1)C(=O)N(C1CCC(=O)NC1=O)C2=O. The molecule has 262 valence electrons. The molecule has 52 heavy (non-hydrogen) atoms. The number of nitrogens with one attached hydrogen (secondary N) is 2. The third-order valence-corrected chi connectivity index (χ3v) is 9.97. The van der Waals surface area contributed by atoms with Crippen LogP contribution in [-0.4, -0.2) is 66.7 Å². The van der Waals surface area contributed by atoms with Crippen molar-refractivity contribution in [3.8, 4) is 23.2 Å². The van der Waals surface area contributed by atoms with E-state index in [0.29, 0.717) is 23.1 Å². The van der Waals surface area contributed by atoms with E-state index in [1.165, 1.54) is 4.80 Å². The van der Waals surface area contributed by atoms with E-state index >= 15 is 0 Å². The van der Waals surface area contributed by atoms with Gasteiger partial charge in [-0.1, -0.05) is 50.2 Å². The van der Waals surface area contributed by atoms with Crippen molar-refractivity contribution in [1.29, 1.82) is 0 Å². The Balaban J connectivity index is 0.939. The van der Waals surface area contributed by atoms with Crippen LogP contribution < -0.4 is 20.1 Å². The van der Waals surface area contributed by atoms with E-state index in [1.807, 2.05) is 48.5 Å². The summed E-state index contributed by atoms with van der Waals surface area (Å²) in [5.41, 5.74) is 2.85. The van der Waals surface area contributed by atoms with Crippen molar-refractivity contribution >= 4 is 29.3 Å². The fourth-order valence-corrected chi connectivity index (χ4v) is 6.92. The predicted molar refractivity (Wildman–Crippen MR) is 188 cm³/mol. The van der Waals surface area contributed by atoms with Crippen LogP contribution in [0, 0.1) is 0 Å². The Morgan fingerprint density at radius 2 is 1.60 bits per heavy atom. The topological polar surface area (TPSA) is 158 Å². The van der Waals surface area contributed by atoms with E-state index in [9.17, 15) is 19.2 Å². The third-order valence-electron chi connectivity index (χ3n) is 9.97. The number of carbonyl (C=O) groups is 4. The first kappa shape index (κ1) is 32.8. The molecule has 5 aromatic rings. The van der Waals surface area contributed by atoms with Gasteiger partial charge in [-0.3, -0.25) is 29.4 Å². The minimum absolute atomic E-state index is 0.0275. The molecular weight excluding hydrogens is 662 g/mol. The highest BCUT2D eigenvalue weighted by atomic mass is 16.5. The van der Waals surface area contributed by atoms with Crippen LogP contribution in [0.4, 0.5) is 5.69 Å². The van der Waals surface area contributed by atoms with E-state index in [0.717, 1.165) is 34.6 Å². The van der Waals surface area contributed by atoms with Crippen molar-refractivity contribution in [1.82, 2.24) is 30.2 Å². The Kier molecular flexibility index (Phi) is 8.25. The number of aromatic nitrogens is 4. The zero-order valence-corrected chi connectivity index (χ0v) is 28.5. The Bertz CT molecular complexity index is 2200. The second-order valence-electron chi connectivity index (χ2n) is 13.6. The Labute approximate surface area is 298 Å². The maximum absolute atomic E-state index is 13.3. The molecule has 2 aliphatic heterocycles. The van der Waals surface area contributed by atoms with Gasteiger partial charge in [0.15, 0.2) is 5.82 Å². The normalized spacial score (nSPS) is 19.9. The molecule has 1 saturated carbocycles. The number of anilines is 1. The van der Waals surface area contributed by atoms with Crippen LogP contribution in [0.5, 0.6) is 17.4 Å². The van der Waals surface area contributed by atoms with Crippen LogP contribution in [0.1, 0.15) is 71.4 Å². The molecule has 1 aliphatic carbocycles. The quantitative estimate of drug-likeness (QED) is 0.186. The second kappa shape index (κ2) is 13.1. The molecule has 13 heteroatoms. The molecule has 4 heterocycles. The summed E-state index contributed by atoms with van der Waals surface area (Å²) in [4.78, 5) is 57.4. The summed E-state index contributed by atoms with van der Waals surface area (Å²) in [5, 5.41) is 14.0. The van der Waals surface area contributed by atoms with Crippen LogP contribution in [0.2, 0.25) is 0 Å². The number of para-hydroxylation sites is 1. The summed E-state index contributed by atoms with van der Waals surface area (Å²) in [7, 11) is 0. The van der Waals surface area contributed by atoms with Crippen LogP contribution in [-0.2, 0) is 15.0 Å². The summed E-state index contributed by atoms with van der Waals surface area (Å²) in [6.07, 6.45) is 4.94. The largest absolute Gasteiger partial charge is 0.488 e. The van der Waals surface area contributed by atoms with Crippen molar-refractivity contribution in [2.24, 2.45) is 0 Å². The number of rotatable bonds is 10. The number of fused-ring (bicyclic) bond motifs is 1. The van der Waals surface area contributed by atoms with Gasteiger partial charge in [0, 0.05) is 29.2 Å². The molecular formula is C39H35N7O6. The van der Waals surface area contributed by atoms with E-state index in [4.69, 9.17) is 9.47 Å². The second-order valence-corrected chi connectivity index (χ2v) is 13.6. The van der Waals surface area contributed by atoms with E-state index in [-0.39, 0.29) is 36.1 Å². The number of nitrogens with zero attached hydrogens (tertiary/aromatic N) is 5. The van der Waals surface area contributed by atoms with Gasteiger partial charge in [-0.15, -0.1) is 4.80 Å². The lowest BCUT2D eigenvalue weighted by Gasteiger charge is -2.39. The molecule has 3 aliphatic rings.